The third-order valence-electron chi connectivity index (χ3n) is 3.94. The highest BCUT2D eigenvalue weighted by molar-refractivity contribution is 9.10. The minimum Gasteiger partial charge on any atom is -0.321 e. The van der Waals surface area contributed by atoms with Gasteiger partial charge in [-0.1, -0.05) is 34.1 Å². The van der Waals surface area contributed by atoms with Gasteiger partial charge in [0.15, 0.2) is 0 Å². The van der Waals surface area contributed by atoms with Crippen molar-refractivity contribution in [2.24, 2.45) is 0 Å². The number of carbonyl (C=O) groups is 1. The van der Waals surface area contributed by atoms with Crippen LogP contribution in [0.4, 0.5) is 10.1 Å². The summed E-state index contributed by atoms with van der Waals surface area (Å²) < 4.78 is 16.1. The molecule has 26 heavy (non-hydrogen) atoms. The molecular formula is C20H13BrFN3O. The first-order valence-electron chi connectivity index (χ1n) is 7.90. The number of hydrogen-bond donors (Lipinski definition) is 1. The molecule has 0 aliphatic heterocycles. The molecule has 4 aromatic rings. The Kier molecular flexibility index (Phi) is 4.26. The number of amides is 1. The quantitative estimate of drug-likeness (QED) is 0.508. The Labute approximate surface area is 157 Å². The molecule has 0 atom stereocenters. The lowest BCUT2D eigenvalue weighted by atomic mass is 10.2. The van der Waals surface area contributed by atoms with Gasteiger partial charge in [-0.25, -0.2) is 9.37 Å². The molecule has 4 nitrogen and oxygen atoms in total. The van der Waals surface area contributed by atoms with Crippen LogP contribution in [0.15, 0.2) is 77.5 Å². The van der Waals surface area contributed by atoms with Crippen LogP contribution in [0.3, 0.4) is 0 Å². The maximum atomic E-state index is 13.3. The maximum Gasteiger partial charge on any atom is 0.255 e. The number of pyridine rings is 1. The average molecular weight is 410 g/mol. The largest absolute Gasteiger partial charge is 0.321 e. The second kappa shape index (κ2) is 6.72. The first kappa shape index (κ1) is 16.5. The summed E-state index contributed by atoms with van der Waals surface area (Å²) in [5.74, 6) is -0.807. The average Bonchev–Trinajstić information content (AvgIpc) is 3.05. The zero-order valence-electron chi connectivity index (χ0n) is 13.5. The monoisotopic (exact) mass is 409 g/mol. The molecule has 1 N–H and O–H groups in total. The van der Waals surface area contributed by atoms with Gasteiger partial charge < -0.3 is 9.72 Å². The van der Waals surface area contributed by atoms with Crippen molar-refractivity contribution in [2.45, 2.75) is 0 Å². The lowest BCUT2D eigenvalue weighted by molar-refractivity contribution is 0.102. The Morgan fingerprint density at radius 3 is 2.62 bits per heavy atom. The number of benzene rings is 2. The van der Waals surface area contributed by atoms with Gasteiger partial charge in [0.25, 0.3) is 5.91 Å². The number of imidazole rings is 1. The van der Waals surface area contributed by atoms with Crippen LogP contribution in [-0.2, 0) is 0 Å². The molecule has 128 valence electrons. The van der Waals surface area contributed by atoms with Gasteiger partial charge in [-0.15, -0.1) is 0 Å². The van der Waals surface area contributed by atoms with E-state index < -0.39 is 5.82 Å². The van der Waals surface area contributed by atoms with Gasteiger partial charge in [0, 0.05) is 28.0 Å². The molecule has 2 aromatic carbocycles. The highest BCUT2D eigenvalue weighted by Crippen LogP contribution is 2.22. The van der Waals surface area contributed by atoms with Crippen LogP contribution in [0.25, 0.3) is 16.9 Å². The third kappa shape index (κ3) is 3.36. The summed E-state index contributed by atoms with van der Waals surface area (Å²) in [6.07, 6.45) is 3.68. The first-order valence-corrected chi connectivity index (χ1v) is 8.69. The predicted octanol–water partition coefficient (Wildman–Crippen LogP) is 5.16. The number of aromatic nitrogens is 2. The third-order valence-corrected chi connectivity index (χ3v) is 4.46. The normalized spacial score (nSPS) is 10.8. The van der Waals surface area contributed by atoms with Crippen LogP contribution in [0.1, 0.15) is 10.4 Å². The summed E-state index contributed by atoms with van der Waals surface area (Å²) in [6, 6.07) is 17.1. The highest BCUT2D eigenvalue weighted by Gasteiger charge is 2.09. The molecule has 0 saturated carbocycles. The van der Waals surface area contributed by atoms with E-state index in [0.717, 1.165) is 21.4 Å². The molecule has 4 rings (SSSR count). The first-order chi connectivity index (χ1) is 12.6. The molecule has 0 unspecified atom stereocenters. The lowest BCUT2D eigenvalue weighted by Gasteiger charge is -2.05. The van der Waals surface area contributed by atoms with Gasteiger partial charge in [0.05, 0.1) is 11.4 Å². The van der Waals surface area contributed by atoms with E-state index in [0.29, 0.717) is 5.69 Å². The van der Waals surface area contributed by atoms with Gasteiger partial charge in [-0.3, -0.25) is 4.79 Å². The van der Waals surface area contributed by atoms with E-state index in [9.17, 15) is 9.18 Å². The van der Waals surface area contributed by atoms with Crippen molar-refractivity contribution >= 4 is 33.2 Å². The number of hydrogen-bond acceptors (Lipinski definition) is 2. The molecule has 0 fully saturated rings. The second-order valence-electron chi connectivity index (χ2n) is 5.78. The molecular weight excluding hydrogens is 397 g/mol. The lowest BCUT2D eigenvalue weighted by Crippen LogP contribution is -2.12. The van der Waals surface area contributed by atoms with Crippen LogP contribution in [0, 0.1) is 5.82 Å². The van der Waals surface area contributed by atoms with Gasteiger partial charge in [0.2, 0.25) is 0 Å². The topological polar surface area (TPSA) is 46.4 Å². The number of carbonyl (C=O) groups excluding carboxylic acids is 1. The summed E-state index contributed by atoms with van der Waals surface area (Å²) in [4.78, 5) is 16.8. The molecule has 0 bridgehead atoms. The maximum absolute atomic E-state index is 13.3. The van der Waals surface area contributed by atoms with Crippen molar-refractivity contribution in [2.75, 3.05) is 5.32 Å². The highest BCUT2D eigenvalue weighted by atomic mass is 79.9. The van der Waals surface area contributed by atoms with Crippen LogP contribution in [0.5, 0.6) is 0 Å². The van der Waals surface area contributed by atoms with Gasteiger partial charge >= 0.3 is 0 Å². The Hall–Kier alpha value is -2.99. The molecule has 0 saturated heterocycles. The predicted molar refractivity (Wildman–Crippen MR) is 103 cm³/mol. The number of rotatable bonds is 3. The Morgan fingerprint density at radius 2 is 1.85 bits per heavy atom. The Bertz CT molecular complexity index is 1110. The van der Waals surface area contributed by atoms with E-state index in [1.807, 2.05) is 40.9 Å². The van der Waals surface area contributed by atoms with E-state index in [1.165, 1.54) is 18.2 Å². The minimum atomic E-state index is -0.443. The van der Waals surface area contributed by atoms with E-state index in [1.54, 1.807) is 18.3 Å². The molecule has 0 aliphatic rings. The second-order valence-corrected chi connectivity index (χ2v) is 6.70. The molecule has 6 heteroatoms. The van der Waals surface area contributed by atoms with Crippen molar-refractivity contribution in [3.05, 3.63) is 88.9 Å². The van der Waals surface area contributed by atoms with Crippen molar-refractivity contribution in [3.63, 3.8) is 0 Å². The fourth-order valence-corrected chi connectivity index (χ4v) is 2.92. The molecule has 0 spiro atoms. The van der Waals surface area contributed by atoms with Crippen LogP contribution in [0.2, 0.25) is 0 Å². The molecule has 0 radical (unpaired) electrons. The smallest absolute Gasteiger partial charge is 0.255 e. The number of nitrogens with zero attached hydrogens (tertiary/aromatic N) is 2. The van der Waals surface area contributed by atoms with Gasteiger partial charge in [-0.2, -0.15) is 0 Å². The minimum absolute atomic E-state index is 0.270. The summed E-state index contributed by atoms with van der Waals surface area (Å²) in [5, 5.41) is 2.77. The Morgan fingerprint density at radius 1 is 1.04 bits per heavy atom. The SMILES string of the molecule is O=C(Nc1ccc2nc(-c3ccc(Br)cc3)cn2c1)c1cccc(F)c1. The number of halogens is 2. The van der Waals surface area contributed by atoms with Crippen molar-refractivity contribution in [1.82, 2.24) is 9.38 Å². The number of nitrogens with one attached hydrogen (secondary N) is 1. The fraction of sp³-hybridized carbons (Fsp3) is 0. The summed E-state index contributed by atoms with van der Waals surface area (Å²) in [6.45, 7) is 0. The van der Waals surface area contributed by atoms with Crippen LogP contribution < -0.4 is 5.32 Å². The molecule has 0 aliphatic carbocycles. The standard InChI is InChI=1S/C20H13BrFN3O/c21-15-6-4-13(5-7-15)18-12-25-11-17(8-9-19(25)24-18)23-20(26)14-2-1-3-16(22)10-14/h1-12H,(H,23,26). The summed E-state index contributed by atoms with van der Waals surface area (Å²) in [5.41, 5.74) is 3.48. The zero-order chi connectivity index (χ0) is 18.1. The number of anilines is 1. The van der Waals surface area contributed by atoms with Crippen molar-refractivity contribution in [3.8, 4) is 11.3 Å². The van der Waals surface area contributed by atoms with Crippen molar-refractivity contribution < 1.29 is 9.18 Å². The molecule has 1 amide bonds. The van der Waals surface area contributed by atoms with Crippen LogP contribution in [-0.4, -0.2) is 15.3 Å². The van der Waals surface area contributed by atoms with E-state index in [-0.39, 0.29) is 11.5 Å². The van der Waals surface area contributed by atoms with Crippen molar-refractivity contribution in [1.29, 1.82) is 0 Å². The van der Waals surface area contributed by atoms with Gasteiger partial charge in [-0.05, 0) is 42.5 Å². The molecule has 2 aromatic heterocycles. The van der Waals surface area contributed by atoms with Gasteiger partial charge in [0.1, 0.15) is 11.5 Å². The fourth-order valence-electron chi connectivity index (χ4n) is 2.66. The van der Waals surface area contributed by atoms with Crippen LogP contribution >= 0.6 is 15.9 Å². The van der Waals surface area contributed by atoms with E-state index in [2.05, 4.69) is 26.2 Å². The van der Waals surface area contributed by atoms with E-state index in [4.69, 9.17) is 0 Å². The summed E-state index contributed by atoms with van der Waals surface area (Å²) in [7, 11) is 0. The Balaban J connectivity index is 1.61. The van der Waals surface area contributed by atoms with E-state index >= 15 is 0 Å². The number of fused-ring (bicyclic) bond motifs is 1. The summed E-state index contributed by atoms with van der Waals surface area (Å²) >= 11 is 3.42. The zero-order valence-corrected chi connectivity index (χ0v) is 15.1. The molecule has 2 heterocycles.